The van der Waals surface area contributed by atoms with Gasteiger partial charge in [-0.15, -0.1) is 0 Å². The molecule has 0 atom stereocenters. The molecule has 0 saturated carbocycles. The molecule has 0 aliphatic carbocycles. The van der Waals surface area contributed by atoms with Gasteiger partial charge in [0.2, 0.25) is 0 Å². The lowest BCUT2D eigenvalue weighted by Gasteiger charge is -2.01. The van der Waals surface area contributed by atoms with Crippen molar-refractivity contribution in [2.75, 3.05) is 0 Å². The maximum absolute atomic E-state index is 4.56. The standard InChI is InChI=1S/C22H17N3/c1-16-6-10-21(24-13-16)22-11-7-17(15-25-22)14-23-20-9-8-18-4-2-3-5-19(18)12-20/h2-15H,1H3. The summed E-state index contributed by atoms with van der Waals surface area (Å²) in [5.74, 6) is 0. The summed E-state index contributed by atoms with van der Waals surface area (Å²) in [4.78, 5) is 13.5. The summed E-state index contributed by atoms with van der Waals surface area (Å²) in [5.41, 5.74) is 4.78. The molecule has 0 N–H and O–H groups in total. The predicted molar refractivity (Wildman–Crippen MR) is 103 cm³/mol. The van der Waals surface area contributed by atoms with Crippen molar-refractivity contribution in [1.29, 1.82) is 0 Å². The first-order valence-electron chi connectivity index (χ1n) is 8.20. The van der Waals surface area contributed by atoms with Gasteiger partial charge in [0.15, 0.2) is 0 Å². The first-order chi connectivity index (χ1) is 12.3. The number of aliphatic imine (C=N–C) groups is 1. The van der Waals surface area contributed by atoms with Crippen LogP contribution in [0.5, 0.6) is 0 Å². The molecule has 0 aliphatic rings. The molecule has 3 nitrogen and oxygen atoms in total. The van der Waals surface area contributed by atoms with Crippen LogP contribution in [0.4, 0.5) is 5.69 Å². The fourth-order valence-corrected chi connectivity index (χ4v) is 2.66. The summed E-state index contributed by atoms with van der Waals surface area (Å²) in [6.07, 6.45) is 5.51. The number of hydrogen-bond acceptors (Lipinski definition) is 3. The third-order valence-corrected chi connectivity index (χ3v) is 4.06. The highest BCUT2D eigenvalue weighted by Crippen LogP contribution is 2.21. The van der Waals surface area contributed by atoms with Crippen LogP contribution in [0.25, 0.3) is 22.2 Å². The third kappa shape index (κ3) is 3.45. The highest BCUT2D eigenvalue weighted by molar-refractivity contribution is 5.87. The van der Waals surface area contributed by atoms with Crippen molar-refractivity contribution >= 4 is 22.7 Å². The summed E-state index contributed by atoms with van der Waals surface area (Å²) in [5, 5.41) is 2.41. The van der Waals surface area contributed by atoms with Gasteiger partial charge in [0.1, 0.15) is 0 Å². The van der Waals surface area contributed by atoms with E-state index in [9.17, 15) is 0 Å². The number of pyridine rings is 2. The van der Waals surface area contributed by atoms with Crippen LogP contribution in [0.15, 0.2) is 84.1 Å². The van der Waals surface area contributed by atoms with E-state index < -0.39 is 0 Å². The van der Waals surface area contributed by atoms with Crippen molar-refractivity contribution in [1.82, 2.24) is 9.97 Å². The maximum Gasteiger partial charge on any atom is 0.0886 e. The average molecular weight is 323 g/mol. The minimum Gasteiger partial charge on any atom is -0.256 e. The number of nitrogens with zero attached hydrogens (tertiary/aromatic N) is 3. The van der Waals surface area contributed by atoms with Gasteiger partial charge in [-0.25, -0.2) is 0 Å². The summed E-state index contributed by atoms with van der Waals surface area (Å²) in [6.45, 7) is 2.02. The van der Waals surface area contributed by atoms with Crippen LogP contribution in [0.3, 0.4) is 0 Å². The van der Waals surface area contributed by atoms with E-state index in [0.29, 0.717) is 0 Å². The Balaban J connectivity index is 1.55. The number of benzene rings is 2. The van der Waals surface area contributed by atoms with Gasteiger partial charge in [-0.1, -0.05) is 36.4 Å². The largest absolute Gasteiger partial charge is 0.256 e. The van der Waals surface area contributed by atoms with E-state index in [-0.39, 0.29) is 0 Å². The molecule has 3 heteroatoms. The topological polar surface area (TPSA) is 38.1 Å². The summed E-state index contributed by atoms with van der Waals surface area (Å²) in [7, 11) is 0. The molecule has 4 rings (SSSR count). The zero-order chi connectivity index (χ0) is 17.1. The first kappa shape index (κ1) is 15.2. The Bertz CT molecular complexity index is 1030. The molecular formula is C22H17N3. The smallest absolute Gasteiger partial charge is 0.0886 e. The van der Waals surface area contributed by atoms with Crippen LogP contribution in [0.1, 0.15) is 11.1 Å². The highest BCUT2D eigenvalue weighted by Gasteiger charge is 2.00. The molecule has 2 heterocycles. The summed E-state index contributed by atoms with van der Waals surface area (Å²) >= 11 is 0. The van der Waals surface area contributed by atoms with E-state index in [4.69, 9.17) is 0 Å². The van der Waals surface area contributed by atoms with Crippen molar-refractivity contribution in [3.8, 4) is 11.4 Å². The van der Waals surface area contributed by atoms with Crippen molar-refractivity contribution in [2.24, 2.45) is 4.99 Å². The van der Waals surface area contributed by atoms with Crippen molar-refractivity contribution in [2.45, 2.75) is 6.92 Å². The van der Waals surface area contributed by atoms with Gasteiger partial charge in [0.05, 0.1) is 17.1 Å². The van der Waals surface area contributed by atoms with Gasteiger partial charge in [0.25, 0.3) is 0 Å². The molecule has 0 spiro atoms. The Labute approximate surface area is 146 Å². The fraction of sp³-hybridized carbons (Fsp3) is 0.0455. The summed E-state index contributed by atoms with van der Waals surface area (Å²) < 4.78 is 0. The number of rotatable bonds is 3. The lowest BCUT2D eigenvalue weighted by molar-refractivity contribution is 1.22. The van der Waals surface area contributed by atoms with Gasteiger partial charge >= 0.3 is 0 Å². The average Bonchev–Trinajstić information content (AvgIpc) is 2.67. The van der Waals surface area contributed by atoms with E-state index in [0.717, 1.165) is 28.2 Å². The number of aromatic nitrogens is 2. The van der Waals surface area contributed by atoms with Gasteiger partial charge < -0.3 is 0 Å². The Morgan fingerprint density at radius 3 is 2.24 bits per heavy atom. The van der Waals surface area contributed by atoms with Gasteiger partial charge in [-0.2, -0.15) is 0 Å². The lowest BCUT2D eigenvalue weighted by Crippen LogP contribution is -1.89. The van der Waals surface area contributed by atoms with Crippen LogP contribution in [-0.2, 0) is 0 Å². The molecule has 0 saturated heterocycles. The fourth-order valence-electron chi connectivity index (χ4n) is 2.66. The first-order valence-corrected chi connectivity index (χ1v) is 8.20. The maximum atomic E-state index is 4.56. The van der Waals surface area contributed by atoms with Crippen molar-refractivity contribution in [3.05, 3.63) is 90.3 Å². The SMILES string of the molecule is Cc1ccc(-c2ccc(C=Nc3ccc4ccccc4c3)cn2)nc1. The Morgan fingerprint density at radius 1 is 0.760 bits per heavy atom. The van der Waals surface area contributed by atoms with Crippen LogP contribution in [-0.4, -0.2) is 16.2 Å². The number of aryl methyl sites for hydroxylation is 1. The van der Waals surface area contributed by atoms with E-state index in [2.05, 4.69) is 39.2 Å². The number of hydrogen-bond donors (Lipinski definition) is 0. The molecule has 120 valence electrons. The van der Waals surface area contributed by atoms with E-state index in [1.54, 1.807) is 0 Å². The Kier molecular flexibility index (Phi) is 4.05. The van der Waals surface area contributed by atoms with E-state index in [1.807, 2.05) is 68.0 Å². The third-order valence-electron chi connectivity index (χ3n) is 4.06. The molecule has 25 heavy (non-hydrogen) atoms. The quantitative estimate of drug-likeness (QED) is 0.476. The monoisotopic (exact) mass is 323 g/mol. The molecule has 0 aliphatic heterocycles. The van der Waals surface area contributed by atoms with Crippen LogP contribution in [0, 0.1) is 6.92 Å². The molecule has 4 aromatic rings. The highest BCUT2D eigenvalue weighted by atomic mass is 14.8. The van der Waals surface area contributed by atoms with Crippen LogP contribution in [0.2, 0.25) is 0 Å². The van der Waals surface area contributed by atoms with Gasteiger partial charge in [-0.3, -0.25) is 15.0 Å². The second kappa shape index (κ2) is 6.65. The normalized spacial score (nSPS) is 11.2. The molecule has 0 bridgehead atoms. The zero-order valence-corrected chi connectivity index (χ0v) is 13.9. The molecule has 0 unspecified atom stereocenters. The molecule has 0 radical (unpaired) electrons. The van der Waals surface area contributed by atoms with Crippen LogP contribution < -0.4 is 0 Å². The second-order valence-corrected chi connectivity index (χ2v) is 5.99. The lowest BCUT2D eigenvalue weighted by atomic mass is 10.1. The molecule has 0 fully saturated rings. The van der Waals surface area contributed by atoms with E-state index in [1.165, 1.54) is 10.8 Å². The molecule has 0 amide bonds. The zero-order valence-electron chi connectivity index (χ0n) is 13.9. The molecule has 2 aromatic carbocycles. The summed E-state index contributed by atoms with van der Waals surface area (Å²) in [6, 6.07) is 22.5. The Morgan fingerprint density at radius 2 is 1.52 bits per heavy atom. The second-order valence-electron chi connectivity index (χ2n) is 5.99. The predicted octanol–water partition coefficient (Wildman–Crippen LogP) is 5.36. The van der Waals surface area contributed by atoms with Gasteiger partial charge in [0, 0.05) is 24.2 Å². The van der Waals surface area contributed by atoms with Crippen LogP contribution >= 0.6 is 0 Å². The molecule has 2 aromatic heterocycles. The molecular weight excluding hydrogens is 306 g/mol. The Hall–Kier alpha value is -3.33. The van der Waals surface area contributed by atoms with Crippen molar-refractivity contribution < 1.29 is 0 Å². The van der Waals surface area contributed by atoms with Gasteiger partial charge in [-0.05, 0) is 53.6 Å². The van der Waals surface area contributed by atoms with E-state index >= 15 is 0 Å². The minimum atomic E-state index is 0.864. The minimum absolute atomic E-state index is 0.864. The van der Waals surface area contributed by atoms with Crippen molar-refractivity contribution in [3.63, 3.8) is 0 Å². The number of fused-ring (bicyclic) bond motifs is 1.